The summed E-state index contributed by atoms with van der Waals surface area (Å²) in [4.78, 5) is 32.0. The van der Waals surface area contributed by atoms with Gasteiger partial charge in [0.05, 0.1) is 35.2 Å². The van der Waals surface area contributed by atoms with Crippen LogP contribution < -0.4 is 10.3 Å². The molecule has 0 saturated carbocycles. The SMILES string of the molecule is Cc1ccc(NS(C)(=O)=O)c(C(=O)N2CC[C@H](C(F)(F)F)C[C@@H]2c2cc3nc(C)c(C)c(=O)n3[nH]2)c1. The van der Waals surface area contributed by atoms with Crippen LogP contribution in [0.5, 0.6) is 0 Å². The molecule has 4 rings (SSSR count). The van der Waals surface area contributed by atoms with Crippen LogP contribution in [0.15, 0.2) is 29.1 Å². The summed E-state index contributed by atoms with van der Waals surface area (Å²) in [5.74, 6) is -2.28. The molecule has 1 fully saturated rings. The fraction of sp³-hybridized carbons (Fsp3) is 0.435. The van der Waals surface area contributed by atoms with Gasteiger partial charge in [-0.2, -0.15) is 13.2 Å². The number of H-pyrrole nitrogens is 1. The van der Waals surface area contributed by atoms with Crippen molar-refractivity contribution in [3.8, 4) is 0 Å². The van der Waals surface area contributed by atoms with Crippen molar-refractivity contribution in [2.24, 2.45) is 5.92 Å². The zero-order valence-electron chi connectivity index (χ0n) is 20.1. The van der Waals surface area contributed by atoms with Crippen molar-refractivity contribution in [3.63, 3.8) is 0 Å². The maximum absolute atomic E-state index is 13.7. The van der Waals surface area contributed by atoms with E-state index in [1.807, 2.05) is 0 Å². The fourth-order valence-corrected chi connectivity index (χ4v) is 5.06. The number of rotatable bonds is 4. The summed E-state index contributed by atoms with van der Waals surface area (Å²) in [7, 11) is -3.72. The maximum atomic E-state index is 13.7. The largest absolute Gasteiger partial charge is 0.391 e. The average Bonchev–Trinajstić information content (AvgIpc) is 3.20. The Morgan fingerprint density at radius 2 is 1.89 bits per heavy atom. The zero-order chi connectivity index (χ0) is 26.6. The minimum Gasteiger partial charge on any atom is -0.330 e. The van der Waals surface area contributed by atoms with Crippen molar-refractivity contribution in [2.45, 2.75) is 45.8 Å². The summed E-state index contributed by atoms with van der Waals surface area (Å²) in [5.41, 5.74) is 1.69. The normalized spacial score (nSPS) is 19.0. The molecule has 36 heavy (non-hydrogen) atoms. The van der Waals surface area contributed by atoms with Crippen molar-refractivity contribution in [1.82, 2.24) is 19.5 Å². The second-order valence-electron chi connectivity index (χ2n) is 9.23. The molecule has 1 amide bonds. The Labute approximate surface area is 205 Å². The van der Waals surface area contributed by atoms with Crippen molar-refractivity contribution < 1.29 is 26.4 Å². The van der Waals surface area contributed by atoms with E-state index in [1.165, 1.54) is 23.1 Å². The van der Waals surface area contributed by atoms with Gasteiger partial charge in [0.25, 0.3) is 11.5 Å². The average molecular weight is 526 g/mol. The van der Waals surface area contributed by atoms with Crippen molar-refractivity contribution in [3.05, 3.63) is 62.7 Å². The lowest BCUT2D eigenvalue weighted by Crippen LogP contribution is -2.44. The molecular formula is C23H26F3N5O4S. The number of carbonyl (C=O) groups excluding carboxylic acids is 1. The summed E-state index contributed by atoms with van der Waals surface area (Å²) < 4.78 is 68.3. The minimum absolute atomic E-state index is 0.0222. The molecule has 0 radical (unpaired) electrons. The lowest BCUT2D eigenvalue weighted by atomic mass is 9.88. The van der Waals surface area contributed by atoms with Gasteiger partial charge in [0.15, 0.2) is 5.65 Å². The number of carbonyl (C=O) groups is 1. The van der Waals surface area contributed by atoms with Crippen LogP contribution in [0, 0.1) is 26.7 Å². The maximum Gasteiger partial charge on any atom is 0.391 e. The van der Waals surface area contributed by atoms with E-state index < -0.39 is 40.5 Å². The van der Waals surface area contributed by atoms with E-state index in [2.05, 4.69) is 14.8 Å². The lowest BCUT2D eigenvalue weighted by Gasteiger charge is -2.39. The number of nitrogens with zero attached hydrogens (tertiary/aromatic N) is 3. The number of alkyl halides is 3. The number of aryl methyl sites for hydroxylation is 2. The van der Waals surface area contributed by atoms with Crippen molar-refractivity contribution in [2.75, 3.05) is 17.5 Å². The van der Waals surface area contributed by atoms with Gasteiger partial charge in [-0.25, -0.2) is 17.9 Å². The van der Waals surface area contributed by atoms with Gasteiger partial charge in [-0.15, -0.1) is 0 Å². The van der Waals surface area contributed by atoms with Gasteiger partial charge >= 0.3 is 6.18 Å². The Bertz CT molecular complexity index is 1510. The summed E-state index contributed by atoms with van der Waals surface area (Å²) in [5, 5.41) is 2.84. The van der Waals surface area contributed by atoms with E-state index >= 15 is 0 Å². The first kappa shape index (κ1) is 25.7. The smallest absolute Gasteiger partial charge is 0.330 e. The van der Waals surface area contributed by atoms with Gasteiger partial charge in [0, 0.05) is 23.9 Å². The number of fused-ring (bicyclic) bond motifs is 1. The molecule has 2 aromatic heterocycles. The molecular weight excluding hydrogens is 499 g/mol. The van der Waals surface area contributed by atoms with Crippen LogP contribution in [0.3, 0.4) is 0 Å². The van der Waals surface area contributed by atoms with Gasteiger partial charge in [-0.05, 0) is 45.7 Å². The Morgan fingerprint density at radius 3 is 2.53 bits per heavy atom. The highest BCUT2D eigenvalue weighted by Gasteiger charge is 2.46. The Balaban J connectivity index is 1.82. The first-order valence-electron chi connectivity index (χ1n) is 11.2. The number of amides is 1. The van der Waals surface area contributed by atoms with E-state index in [0.29, 0.717) is 16.8 Å². The van der Waals surface area contributed by atoms with Gasteiger partial charge < -0.3 is 4.90 Å². The van der Waals surface area contributed by atoms with Gasteiger partial charge in [0.2, 0.25) is 10.0 Å². The van der Waals surface area contributed by atoms with Crippen LogP contribution in [-0.2, 0) is 10.0 Å². The van der Waals surface area contributed by atoms with Crippen LogP contribution in [0.4, 0.5) is 18.9 Å². The van der Waals surface area contributed by atoms with Crippen LogP contribution in [0.2, 0.25) is 0 Å². The second kappa shape index (κ2) is 8.95. The number of hydrogen-bond donors (Lipinski definition) is 2. The predicted octanol–water partition coefficient (Wildman–Crippen LogP) is 3.48. The second-order valence-corrected chi connectivity index (χ2v) is 11.0. The number of nitrogens with one attached hydrogen (secondary N) is 2. The third kappa shape index (κ3) is 4.97. The topological polar surface area (TPSA) is 117 Å². The third-order valence-corrected chi connectivity index (χ3v) is 7.08. The molecule has 3 aromatic rings. The number of sulfonamides is 1. The summed E-state index contributed by atoms with van der Waals surface area (Å²) in [6.07, 6.45) is -4.25. The predicted molar refractivity (Wildman–Crippen MR) is 127 cm³/mol. The molecule has 2 N–H and O–H groups in total. The Kier molecular flexibility index (Phi) is 6.40. The molecule has 1 aliphatic heterocycles. The Morgan fingerprint density at radius 1 is 1.19 bits per heavy atom. The van der Waals surface area contributed by atoms with Crippen molar-refractivity contribution in [1.29, 1.82) is 0 Å². The molecule has 0 aliphatic carbocycles. The number of halogens is 3. The standard InChI is InChI=1S/C23H26F3N5O4S/c1-12-5-6-17(29-36(4,34)35)16(9-12)22(33)30-8-7-15(23(24,25)26)10-19(30)18-11-20-27-14(3)13(2)21(32)31(20)28-18/h5-6,9,11,15,19,28-29H,7-8,10H2,1-4H3/t15-,19+/m0/s1. The molecule has 3 heterocycles. The monoisotopic (exact) mass is 525 g/mol. The van der Waals surface area contributed by atoms with E-state index in [1.54, 1.807) is 26.8 Å². The van der Waals surface area contributed by atoms with E-state index in [9.17, 15) is 31.2 Å². The molecule has 194 valence electrons. The molecule has 2 atom stereocenters. The van der Waals surface area contributed by atoms with Crippen LogP contribution in [-0.4, -0.2) is 52.8 Å². The third-order valence-electron chi connectivity index (χ3n) is 6.49. The quantitative estimate of drug-likeness (QED) is 0.541. The molecule has 1 aromatic carbocycles. The molecule has 0 unspecified atom stereocenters. The number of benzene rings is 1. The summed E-state index contributed by atoms with van der Waals surface area (Å²) >= 11 is 0. The minimum atomic E-state index is -4.46. The number of piperidine rings is 1. The van der Waals surface area contributed by atoms with Crippen LogP contribution in [0.1, 0.15) is 51.8 Å². The van der Waals surface area contributed by atoms with Gasteiger partial charge in [0.1, 0.15) is 0 Å². The van der Waals surface area contributed by atoms with E-state index in [-0.39, 0.29) is 41.1 Å². The Hall–Kier alpha value is -3.35. The van der Waals surface area contributed by atoms with Crippen LogP contribution >= 0.6 is 0 Å². The number of anilines is 1. The highest BCUT2D eigenvalue weighted by Crippen LogP contribution is 2.42. The number of hydrogen-bond acceptors (Lipinski definition) is 5. The lowest BCUT2D eigenvalue weighted by molar-refractivity contribution is -0.188. The first-order valence-corrected chi connectivity index (χ1v) is 13.1. The summed E-state index contributed by atoms with van der Waals surface area (Å²) in [6.45, 7) is 4.76. The van der Waals surface area contributed by atoms with Crippen LogP contribution in [0.25, 0.3) is 5.65 Å². The molecule has 9 nitrogen and oxygen atoms in total. The molecule has 0 bridgehead atoms. The first-order chi connectivity index (χ1) is 16.7. The number of likely N-dealkylation sites (tertiary alicyclic amines) is 1. The number of aromatic nitrogens is 3. The van der Waals surface area contributed by atoms with Gasteiger partial charge in [-0.3, -0.25) is 19.4 Å². The molecule has 1 saturated heterocycles. The zero-order valence-corrected chi connectivity index (χ0v) is 20.9. The number of aromatic amines is 1. The highest BCUT2D eigenvalue weighted by molar-refractivity contribution is 7.92. The fourth-order valence-electron chi connectivity index (χ4n) is 4.49. The molecule has 1 aliphatic rings. The van der Waals surface area contributed by atoms with Crippen molar-refractivity contribution >= 4 is 27.3 Å². The van der Waals surface area contributed by atoms with Gasteiger partial charge in [-0.1, -0.05) is 11.6 Å². The highest BCUT2D eigenvalue weighted by atomic mass is 32.2. The van der Waals surface area contributed by atoms with E-state index in [0.717, 1.165) is 10.8 Å². The summed E-state index contributed by atoms with van der Waals surface area (Å²) in [6, 6.07) is 4.99. The molecule has 13 heteroatoms. The molecule has 0 spiro atoms. The van der Waals surface area contributed by atoms with E-state index in [4.69, 9.17) is 0 Å².